The Balaban J connectivity index is 0. The highest BCUT2D eigenvalue weighted by Gasteiger charge is 2.02. The summed E-state index contributed by atoms with van der Waals surface area (Å²) >= 11 is 0. The van der Waals surface area contributed by atoms with Gasteiger partial charge in [0.05, 0.1) is 19.8 Å². The molecule has 0 aliphatic heterocycles. The molecule has 0 unspecified atom stereocenters. The molecule has 0 aromatic heterocycles. The summed E-state index contributed by atoms with van der Waals surface area (Å²) in [5.74, 6) is -0.768. The zero-order chi connectivity index (χ0) is 15.8. The van der Waals surface area contributed by atoms with E-state index < -0.39 is 5.97 Å². The Morgan fingerprint density at radius 2 is 2.05 bits per heavy atom. The van der Waals surface area contributed by atoms with Crippen molar-refractivity contribution in [3.05, 3.63) is 37.0 Å². The Labute approximate surface area is 120 Å². The number of rotatable bonds is 7. The summed E-state index contributed by atoms with van der Waals surface area (Å²) in [4.78, 5) is 21.0. The summed E-state index contributed by atoms with van der Waals surface area (Å²) in [6, 6.07) is 1.81. The van der Waals surface area contributed by atoms with E-state index in [1.807, 2.05) is 6.92 Å². The average Bonchev–Trinajstić information content (AvgIpc) is 2.47. The van der Waals surface area contributed by atoms with Crippen LogP contribution in [0.5, 0.6) is 0 Å². The van der Waals surface area contributed by atoms with Gasteiger partial charge in [-0.15, -0.1) is 0 Å². The third-order valence-electron chi connectivity index (χ3n) is 1.94. The first kappa shape index (κ1) is 20.0. The normalized spacial score (nSPS) is 8.85. The fourth-order valence-corrected chi connectivity index (χ4v) is 0.858. The number of hydrogen-bond donors (Lipinski definition) is 0. The molecule has 5 nitrogen and oxygen atoms in total. The van der Waals surface area contributed by atoms with E-state index in [0.29, 0.717) is 18.6 Å². The molecule has 110 valence electrons. The maximum atomic E-state index is 10.7. The van der Waals surface area contributed by atoms with E-state index in [9.17, 15) is 9.59 Å². The third-order valence-corrected chi connectivity index (χ3v) is 1.94. The van der Waals surface area contributed by atoms with Crippen LogP contribution in [0.3, 0.4) is 0 Å². The van der Waals surface area contributed by atoms with Gasteiger partial charge in [-0.25, -0.2) is 9.59 Å². The van der Waals surface area contributed by atoms with Crippen LogP contribution >= 0.6 is 0 Å². The van der Waals surface area contributed by atoms with E-state index in [2.05, 4.69) is 22.6 Å². The highest BCUT2D eigenvalue weighted by molar-refractivity contribution is 5.87. The van der Waals surface area contributed by atoms with Gasteiger partial charge < -0.3 is 9.47 Å². The molecule has 0 aromatic carbocycles. The van der Waals surface area contributed by atoms with Crippen molar-refractivity contribution in [2.24, 2.45) is 0 Å². The number of esters is 2. The van der Waals surface area contributed by atoms with E-state index in [1.54, 1.807) is 12.1 Å². The molecule has 0 atom stereocenters. The lowest BCUT2D eigenvalue weighted by atomic mass is 10.2. The summed E-state index contributed by atoms with van der Waals surface area (Å²) in [6.07, 6.45) is 6.37. The van der Waals surface area contributed by atoms with E-state index in [0.717, 1.165) is 12.8 Å². The fraction of sp³-hybridized carbons (Fsp3) is 0.400. The topological polar surface area (TPSA) is 76.4 Å². The second kappa shape index (κ2) is 14.7. The third kappa shape index (κ3) is 13.7. The summed E-state index contributed by atoms with van der Waals surface area (Å²) < 4.78 is 9.06. The lowest BCUT2D eigenvalue weighted by molar-refractivity contribution is -0.138. The second-order valence-electron chi connectivity index (χ2n) is 3.56. The van der Waals surface area contributed by atoms with Crippen LogP contribution in [-0.4, -0.2) is 25.7 Å². The molecule has 0 spiro atoms. The standard InChI is InChI=1S/C8H9NO2.C7H12O2/c1-7(8(10)11-2)5-3-4-6-9;1-3-5-6-9-7(8)4-2/h3-4H,1,5H2,2H3;4H,2-3,5-6H2,1H3. The van der Waals surface area contributed by atoms with Crippen LogP contribution in [-0.2, 0) is 19.1 Å². The zero-order valence-electron chi connectivity index (χ0n) is 12.1. The molecule has 0 aliphatic carbocycles. The second-order valence-corrected chi connectivity index (χ2v) is 3.56. The van der Waals surface area contributed by atoms with E-state index in [1.165, 1.54) is 19.3 Å². The zero-order valence-corrected chi connectivity index (χ0v) is 12.1. The maximum Gasteiger partial charge on any atom is 0.333 e. The van der Waals surface area contributed by atoms with Gasteiger partial charge >= 0.3 is 11.9 Å². The van der Waals surface area contributed by atoms with E-state index >= 15 is 0 Å². The first-order valence-electron chi connectivity index (χ1n) is 6.13. The molecule has 0 bridgehead atoms. The van der Waals surface area contributed by atoms with Crippen molar-refractivity contribution in [3.63, 3.8) is 0 Å². The number of carbonyl (C=O) groups excluding carboxylic acids is 2. The van der Waals surface area contributed by atoms with Crippen LogP contribution in [0.2, 0.25) is 0 Å². The molecule has 0 rings (SSSR count). The highest BCUT2D eigenvalue weighted by Crippen LogP contribution is 2.00. The van der Waals surface area contributed by atoms with Crippen molar-refractivity contribution >= 4 is 11.9 Å². The minimum Gasteiger partial charge on any atom is -0.466 e. The van der Waals surface area contributed by atoms with Crippen molar-refractivity contribution in [1.29, 1.82) is 5.26 Å². The van der Waals surface area contributed by atoms with Gasteiger partial charge in [0, 0.05) is 17.7 Å². The number of ether oxygens (including phenoxy) is 2. The van der Waals surface area contributed by atoms with Gasteiger partial charge in [0.25, 0.3) is 0 Å². The minimum absolute atomic E-state index is 0.330. The Morgan fingerprint density at radius 1 is 1.40 bits per heavy atom. The minimum atomic E-state index is -0.437. The molecule has 0 N–H and O–H groups in total. The van der Waals surface area contributed by atoms with E-state index in [-0.39, 0.29) is 5.97 Å². The van der Waals surface area contributed by atoms with Gasteiger partial charge in [-0.1, -0.05) is 32.6 Å². The van der Waals surface area contributed by atoms with Gasteiger partial charge in [-0.3, -0.25) is 0 Å². The number of unbranched alkanes of at least 4 members (excludes halogenated alkanes) is 1. The quantitative estimate of drug-likeness (QED) is 0.310. The number of allylic oxidation sites excluding steroid dienone is 2. The van der Waals surface area contributed by atoms with Crippen LogP contribution < -0.4 is 0 Å². The Morgan fingerprint density at radius 3 is 2.50 bits per heavy atom. The number of hydrogen-bond acceptors (Lipinski definition) is 5. The Bertz CT molecular complexity index is 391. The molecule has 0 saturated heterocycles. The van der Waals surface area contributed by atoms with Crippen molar-refractivity contribution in [2.75, 3.05) is 13.7 Å². The van der Waals surface area contributed by atoms with E-state index in [4.69, 9.17) is 5.26 Å². The molecular weight excluding hydrogens is 258 g/mol. The van der Waals surface area contributed by atoms with Crippen molar-refractivity contribution in [3.8, 4) is 6.07 Å². The lowest BCUT2D eigenvalue weighted by Gasteiger charge is -1.97. The molecule has 0 aliphatic rings. The largest absolute Gasteiger partial charge is 0.466 e. The predicted octanol–water partition coefficient (Wildman–Crippen LogP) is 2.70. The molecule has 0 fully saturated rings. The van der Waals surface area contributed by atoms with Crippen LogP contribution in [0.25, 0.3) is 0 Å². The number of nitrogens with zero attached hydrogens (tertiary/aromatic N) is 1. The summed E-state index contributed by atoms with van der Waals surface area (Å²) in [7, 11) is 1.29. The van der Waals surface area contributed by atoms with Crippen molar-refractivity contribution < 1.29 is 19.1 Å². The molecule has 0 heterocycles. The highest BCUT2D eigenvalue weighted by atomic mass is 16.5. The maximum absolute atomic E-state index is 10.7. The van der Waals surface area contributed by atoms with Gasteiger partial charge in [0.2, 0.25) is 0 Å². The summed E-state index contributed by atoms with van der Waals surface area (Å²) in [6.45, 7) is 9.29. The average molecular weight is 279 g/mol. The molecule has 20 heavy (non-hydrogen) atoms. The SMILES string of the molecule is C=C(CC=CC#N)C(=O)OC.C=CC(=O)OCCCC. The van der Waals surface area contributed by atoms with Crippen LogP contribution in [0, 0.1) is 11.3 Å². The van der Waals surface area contributed by atoms with Crippen LogP contribution in [0.4, 0.5) is 0 Å². The first-order valence-corrected chi connectivity index (χ1v) is 6.13. The van der Waals surface area contributed by atoms with Gasteiger partial charge in [0.1, 0.15) is 0 Å². The molecule has 0 amide bonds. The van der Waals surface area contributed by atoms with Gasteiger partial charge in [-0.2, -0.15) is 5.26 Å². The monoisotopic (exact) mass is 279 g/mol. The smallest absolute Gasteiger partial charge is 0.333 e. The Kier molecular flexibility index (Phi) is 14.7. The molecule has 5 heteroatoms. The number of nitriles is 1. The summed E-state index contributed by atoms with van der Waals surface area (Å²) in [5, 5.41) is 8.09. The lowest BCUT2D eigenvalue weighted by Crippen LogP contribution is -2.02. The van der Waals surface area contributed by atoms with Crippen LogP contribution in [0.1, 0.15) is 26.2 Å². The summed E-state index contributed by atoms with van der Waals surface area (Å²) in [5.41, 5.74) is 0.346. The number of carbonyl (C=O) groups is 2. The number of methoxy groups -OCH3 is 1. The fourth-order valence-electron chi connectivity index (χ4n) is 0.858. The van der Waals surface area contributed by atoms with Gasteiger partial charge in [0.15, 0.2) is 0 Å². The van der Waals surface area contributed by atoms with Crippen molar-refractivity contribution in [2.45, 2.75) is 26.2 Å². The van der Waals surface area contributed by atoms with Crippen molar-refractivity contribution in [1.82, 2.24) is 0 Å². The molecule has 0 saturated carbocycles. The molecule has 0 radical (unpaired) electrons. The Hall–Kier alpha value is -2.35. The first-order chi connectivity index (χ1) is 9.53. The molecule has 0 aromatic rings. The van der Waals surface area contributed by atoms with Crippen LogP contribution in [0.15, 0.2) is 37.0 Å². The predicted molar refractivity (Wildman–Crippen MR) is 76.6 cm³/mol. The van der Waals surface area contributed by atoms with Gasteiger partial charge in [-0.05, 0) is 12.8 Å². The molecular formula is C15H21NO4.